The lowest BCUT2D eigenvalue weighted by Gasteiger charge is -2.25. The molecule has 1 amide bonds. The summed E-state index contributed by atoms with van der Waals surface area (Å²) in [5, 5.41) is 2.89. The molecule has 0 fully saturated rings. The smallest absolute Gasteiger partial charge is 0.269 e. The van der Waals surface area contributed by atoms with Gasteiger partial charge in [0.15, 0.2) is 15.8 Å². The fraction of sp³-hybridized carbons (Fsp3) is 0.176. The fourth-order valence-corrected chi connectivity index (χ4v) is 3.97. The second-order valence-electron chi connectivity index (χ2n) is 5.22. The number of ether oxygens (including phenoxy) is 2. The predicted molar refractivity (Wildman–Crippen MR) is 96.4 cm³/mol. The van der Waals surface area contributed by atoms with Gasteiger partial charge >= 0.3 is 0 Å². The molecule has 0 bridgehead atoms. The van der Waals surface area contributed by atoms with Gasteiger partial charge in [0.1, 0.15) is 6.61 Å². The second kappa shape index (κ2) is 6.33. The minimum absolute atomic E-state index is 0.197. The van der Waals surface area contributed by atoms with Crippen LogP contribution in [0.4, 0.5) is 5.69 Å². The van der Waals surface area contributed by atoms with Gasteiger partial charge in [0.25, 0.3) is 5.91 Å². The van der Waals surface area contributed by atoms with Crippen LogP contribution in [-0.2, 0) is 4.79 Å². The zero-order valence-electron chi connectivity index (χ0n) is 12.8. The first-order chi connectivity index (χ1) is 11.7. The van der Waals surface area contributed by atoms with Crippen LogP contribution in [0.3, 0.4) is 0 Å². The summed E-state index contributed by atoms with van der Waals surface area (Å²) in [6, 6.07) is 13.0. The van der Waals surface area contributed by atoms with Gasteiger partial charge in [-0.15, -0.1) is 11.3 Å². The van der Waals surface area contributed by atoms with E-state index in [0.29, 0.717) is 11.5 Å². The Labute approximate surface area is 147 Å². The van der Waals surface area contributed by atoms with Gasteiger partial charge in [-0.05, 0) is 36.6 Å². The molecular weight excluding hydrogens is 344 g/mol. The van der Waals surface area contributed by atoms with Crippen LogP contribution < -0.4 is 14.8 Å². The molecule has 4 rings (SSSR count). The number of thioether (sulfide) groups is 1. The number of carbonyl (C=O) groups is 1. The quantitative estimate of drug-likeness (QED) is 0.722. The van der Waals surface area contributed by atoms with Gasteiger partial charge in [-0.2, -0.15) is 0 Å². The first-order valence-electron chi connectivity index (χ1n) is 7.37. The van der Waals surface area contributed by atoms with E-state index in [1.165, 1.54) is 0 Å². The van der Waals surface area contributed by atoms with Crippen molar-refractivity contribution in [1.29, 1.82) is 0 Å². The number of anilines is 1. The van der Waals surface area contributed by atoms with E-state index in [2.05, 4.69) is 10.3 Å². The van der Waals surface area contributed by atoms with Crippen LogP contribution in [0.5, 0.6) is 11.5 Å². The van der Waals surface area contributed by atoms with Gasteiger partial charge in [0, 0.05) is 5.69 Å². The molecule has 0 radical (unpaired) electrons. The van der Waals surface area contributed by atoms with Crippen LogP contribution in [0.1, 0.15) is 0 Å². The van der Waals surface area contributed by atoms with Crippen molar-refractivity contribution in [2.75, 3.05) is 18.2 Å². The van der Waals surface area contributed by atoms with Crippen LogP contribution >= 0.6 is 23.1 Å². The summed E-state index contributed by atoms with van der Waals surface area (Å²) in [6.07, 6.45) is 1.33. The highest BCUT2D eigenvalue weighted by molar-refractivity contribution is 8.00. The first-order valence-corrected chi connectivity index (χ1v) is 9.41. The molecule has 1 atom stereocenters. The van der Waals surface area contributed by atoms with Crippen molar-refractivity contribution in [3.8, 4) is 11.5 Å². The summed E-state index contributed by atoms with van der Waals surface area (Å²) in [7, 11) is 0. The van der Waals surface area contributed by atoms with Crippen LogP contribution in [0.15, 0.2) is 46.8 Å². The molecule has 5 nitrogen and oxygen atoms in total. The summed E-state index contributed by atoms with van der Waals surface area (Å²) in [5.41, 5.74) is 1.67. The number of nitrogens with one attached hydrogen (secondary N) is 1. The Bertz CT molecular complexity index is 910. The standard InChI is InChI=1S/C17H14N2O3S2/c1-23-17-19-11-7-6-10(8-15(11)24-17)18-16(20)14-9-21-12-4-2-3-5-13(12)22-14/h2-8,14H,9H2,1H3,(H,18,20)/t14-/m1/s1. The Kier molecular flexibility index (Phi) is 4.03. The van der Waals surface area contributed by atoms with Crippen molar-refractivity contribution < 1.29 is 14.3 Å². The van der Waals surface area contributed by atoms with E-state index < -0.39 is 6.10 Å². The number of benzene rings is 2. The zero-order valence-corrected chi connectivity index (χ0v) is 14.4. The average Bonchev–Trinajstić information content (AvgIpc) is 3.03. The van der Waals surface area contributed by atoms with Crippen molar-refractivity contribution in [1.82, 2.24) is 4.98 Å². The highest BCUT2D eigenvalue weighted by Crippen LogP contribution is 2.32. The van der Waals surface area contributed by atoms with Crippen LogP contribution in [-0.4, -0.2) is 29.9 Å². The van der Waals surface area contributed by atoms with Crippen LogP contribution in [0.2, 0.25) is 0 Å². The topological polar surface area (TPSA) is 60.5 Å². The van der Waals surface area contributed by atoms with E-state index in [1.54, 1.807) is 29.2 Å². The number of hydrogen-bond donors (Lipinski definition) is 1. The fourth-order valence-electron chi connectivity index (χ4n) is 2.44. The number of aromatic nitrogens is 1. The highest BCUT2D eigenvalue weighted by atomic mass is 32.2. The second-order valence-corrected chi connectivity index (χ2v) is 7.30. The number of thiazole rings is 1. The van der Waals surface area contributed by atoms with Gasteiger partial charge in [0.2, 0.25) is 6.10 Å². The lowest BCUT2D eigenvalue weighted by molar-refractivity contribution is -0.125. The first kappa shape index (κ1) is 15.3. The van der Waals surface area contributed by atoms with E-state index >= 15 is 0 Å². The number of nitrogens with zero attached hydrogens (tertiary/aromatic N) is 1. The Morgan fingerprint density at radius 2 is 2.12 bits per heavy atom. The van der Waals surface area contributed by atoms with E-state index in [4.69, 9.17) is 9.47 Å². The number of rotatable bonds is 3. The third-order valence-electron chi connectivity index (χ3n) is 3.61. The molecule has 1 aliphatic heterocycles. The highest BCUT2D eigenvalue weighted by Gasteiger charge is 2.27. The molecule has 2 aromatic carbocycles. The van der Waals surface area contributed by atoms with Crippen molar-refractivity contribution in [3.05, 3.63) is 42.5 Å². The molecular formula is C17H14N2O3S2. The van der Waals surface area contributed by atoms with Crippen LogP contribution in [0, 0.1) is 0 Å². The Morgan fingerprint density at radius 3 is 2.96 bits per heavy atom. The molecule has 0 saturated heterocycles. The van der Waals surface area contributed by atoms with Gasteiger partial charge in [0.05, 0.1) is 10.2 Å². The van der Waals surface area contributed by atoms with Crippen molar-refractivity contribution in [2.45, 2.75) is 10.4 Å². The number of fused-ring (bicyclic) bond motifs is 2. The Balaban J connectivity index is 1.50. The molecule has 0 saturated carbocycles. The predicted octanol–water partition coefficient (Wildman–Crippen LogP) is 3.80. The SMILES string of the molecule is CSc1nc2ccc(NC(=O)[C@H]3COc4ccccc4O3)cc2s1. The largest absolute Gasteiger partial charge is 0.485 e. The third-order valence-corrected chi connectivity index (χ3v) is 5.62. The minimum atomic E-state index is -0.668. The maximum atomic E-state index is 12.4. The maximum absolute atomic E-state index is 12.4. The summed E-state index contributed by atoms with van der Waals surface area (Å²) in [4.78, 5) is 16.9. The molecule has 0 spiro atoms. The summed E-state index contributed by atoms with van der Waals surface area (Å²) >= 11 is 3.22. The molecule has 3 aromatic rings. The van der Waals surface area contributed by atoms with Gasteiger partial charge < -0.3 is 14.8 Å². The molecule has 122 valence electrons. The number of para-hydroxylation sites is 2. The molecule has 7 heteroatoms. The number of amides is 1. The average molecular weight is 358 g/mol. The molecule has 1 aromatic heterocycles. The van der Waals surface area contributed by atoms with Crippen molar-refractivity contribution in [2.24, 2.45) is 0 Å². The molecule has 2 heterocycles. The van der Waals surface area contributed by atoms with Crippen molar-refractivity contribution >= 4 is 44.9 Å². The van der Waals surface area contributed by atoms with Gasteiger partial charge in [-0.1, -0.05) is 23.9 Å². The zero-order chi connectivity index (χ0) is 16.5. The monoisotopic (exact) mass is 358 g/mol. The molecule has 1 aliphatic rings. The van der Waals surface area contributed by atoms with Gasteiger partial charge in [-0.3, -0.25) is 4.79 Å². The lowest BCUT2D eigenvalue weighted by Crippen LogP contribution is -2.40. The summed E-state index contributed by atoms with van der Waals surface area (Å²) < 4.78 is 13.4. The van der Waals surface area contributed by atoms with E-state index in [9.17, 15) is 4.79 Å². The molecule has 1 N–H and O–H groups in total. The summed E-state index contributed by atoms with van der Waals surface area (Å²) in [5.74, 6) is 1.03. The Hall–Kier alpha value is -2.25. The van der Waals surface area contributed by atoms with Crippen LogP contribution in [0.25, 0.3) is 10.2 Å². The molecule has 24 heavy (non-hydrogen) atoms. The minimum Gasteiger partial charge on any atom is -0.485 e. The molecule has 0 aliphatic carbocycles. The number of carbonyl (C=O) groups excluding carboxylic acids is 1. The summed E-state index contributed by atoms with van der Waals surface area (Å²) in [6.45, 7) is 0.197. The lowest BCUT2D eigenvalue weighted by atomic mass is 10.2. The van der Waals surface area contributed by atoms with Gasteiger partial charge in [-0.25, -0.2) is 4.98 Å². The maximum Gasteiger partial charge on any atom is 0.269 e. The van der Waals surface area contributed by atoms with E-state index in [1.807, 2.05) is 42.7 Å². The van der Waals surface area contributed by atoms with Crippen molar-refractivity contribution in [3.63, 3.8) is 0 Å². The normalized spacial score (nSPS) is 16.1. The Morgan fingerprint density at radius 1 is 1.29 bits per heavy atom. The van der Waals surface area contributed by atoms with E-state index in [0.717, 1.165) is 20.2 Å². The third kappa shape index (κ3) is 2.92. The molecule has 0 unspecified atom stereocenters. The number of hydrogen-bond acceptors (Lipinski definition) is 6. The van der Waals surface area contributed by atoms with E-state index in [-0.39, 0.29) is 12.5 Å².